The molecule has 392 valence electrons. The highest BCUT2D eigenvalue weighted by Crippen LogP contribution is 2.40. The molecule has 0 aromatic heterocycles. The predicted molar refractivity (Wildman–Crippen MR) is 268 cm³/mol. The number of ether oxygens (including phenoxy) is 2. The number of unbranched alkanes of at least 4 members (excludes halogenated alkanes) is 3. The first kappa shape index (κ1) is 68.1. The second-order valence-corrected chi connectivity index (χ2v) is 23.9. The molecule has 68 heavy (non-hydrogen) atoms. The van der Waals surface area contributed by atoms with E-state index in [1.54, 1.807) is 41.5 Å². The number of carboxylic acid groups (broad SMARTS) is 3. The average molecular weight is 962 g/mol. The number of aliphatic hydroxyl groups is 1. The lowest BCUT2D eigenvalue weighted by Crippen LogP contribution is -2.67. The van der Waals surface area contributed by atoms with Crippen molar-refractivity contribution in [3.8, 4) is 37.0 Å². The van der Waals surface area contributed by atoms with Crippen LogP contribution in [0, 0.1) is 82.9 Å². The quantitative estimate of drug-likeness (QED) is 0.0471. The summed E-state index contributed by atoms with van der Waals surface area (Å²) in [4.78, 5) is 56.1. The molecule has 0 radical (unpaired) electrons. The first-order valence-corrected chi connectivity index (χ1v) is 24.1. The second kappa shape index (κ2) is 31.9. The van der Waals surface area contributed by atoms with Gasteiger partial charge in [-0.2, -0.15) is 0 Å². The number of aliphatic hydroxyl groups excluding tert-OH is 1. The Hall–Kier alpha value is -4.13. The zero-order chi connectivity index (χ0) is 54.0. The topological polar surface area (TPSA) is 267 Å². The van der Waals surface area contributed by atoms with Crippen molar-refractivity contribution < 1.29 is 59.6 Å². The molecule has 10 N–H and O–H groups in total. The highest BCUT2D eigenvalue weighted by Gasteiger charge is 2.42. The zero-order valence-corrected chi connectivity index (χ0v) is 44.8. The number of nitrogens with two attached hydrogens (primary N) is 2. The average Bonchev–Trinajstić information content (AvgIpc) is 4.10. The number of quaternary nitrogens is 1. The van der Waals surface area contributed by atoms with Gasteiger partial charge in [0.05, 0.1) is 30.4 Å². The molecule has 0 heterocycles. The molecule has 0 aromatic rings. The molecule has 3 aliphatic rings. The van der Waals surface area contributed by atoms with Crippen molar-refractivity contribution in [1.29, 1.82) is 0 Å². The number of hydrogen-bond acceptors (Lipinski definition) is 11. The Morgan fingerprint density at radius 2 is 0.912 bits per heavy atom. The largest absolute Gasteiger partial charge is 0.550 e. The van der Waals surface area contributed by atoms with Gasteiger partial charge in [-0.15, -0.1) is 37.0 Å². The number of carbonyl (C=O) groups excluding carboxylic acids is 3. The van der Waals surface area contributed by atoms with Crippen molar-refractivity contribution in [2.45, 2.75) is 229 Å². The van der Waals surface area contributed by atoms with Crippen molar-refractivity contribution in [1.82, 2.24) is 0 Å². The highest BCUT2D eigenvalue weighted by atomic mass is 16.6. The lowest BCUT2D eigenvalue weighted by Gasteiger charge is -2.30. The molecule has 0 spiro atoms. The fraction of sp³-hybridized carbons (Fsp3) is 0.796. The molecule has 0 bridgehead atoms. The molecule has 0 unspecified atom stereocenters. The van der Waals surface area contributed by atoms with Gasteiger partial charge in [0.25, 0.3) is 0 Å². The summed E-state index contributed by atoms with van der Waals surface area (Å²) in [5, 5.41) is 37.5. The van der Waals surface area contributed by atoms with E-state index in [0.717, 1.165) is 77.0 Å². The minimum absolute atomic E-state index is 0. The SMILES string of the molecule is C#CCCC[C@@H]1C[C@H]1O.C#CCCC[C@@H]1C[C@H]1OC(=O)C[C@H](C(=O)O)C(C)(C)C.C#CCCC[C@@H]1C[C@H]1OC(=O)C[C@H](C(=O)[O-])C(C)(C)C.CC(C)(C)N.CC(C)(C)[C@H](N)C(=O)O.CC(C)(C)[NH3+]. The Morgan fingerprint density at radius 3 is 1.12 bits per heavy atom. The van der Waals surface area contributed by atoms with Gasteiger partial charge < -0.3 is 51.9 Å². The van der Waals surface area contributed by atoms with E-state index >= 15 is 0 Å². The van der Waals surface area contributed by atoms with Crippen LogP contribution in [0.5, 0.6) is 0 Å². The number of hydrogen-bond donors (Lipinski definition) is 6. The zero-order valence-electron chi connectivity index (χ0n) is 44.8. The van der Waals surface area contributed by atoms with E-state index in [0.29, 0.717) is 17.8 Å². The summed E-state index contributed by atoms with van der Waals surface area (Å²) >= 11 is 0. The number of rotatable bonds is 18. The summed E-state index contributed by atoms with van der Waals surface area (Å²) < 4.78 is 10.6. The molecule has 3 rings (SSSR count). The minimum Gasteiger partial charge on any atom is -0.550 e. The highest BCUT2D eigenvalue weighted by molar-refractivity contribution is 5.80. The van der Waals surface area contributed by atoms with Crippen LogP contribution in [0.15, 0.2) is 0 Å². The van der Waals surface area contributed by atoms with Gasteiger partial charge in [-0.1, -0.05) is 62.3 Å². The van der Waals surface area contributed by atoms with Crippen LogP contribution in [0.2, 0.25) is 0 Å². The lowest BCUT2D eigenvalue weighted by atomic mass is 9.79. The van der Waals surface area contributed by atoms with E-state index in [1.807, 2.05) is 41.5 Å². The van der Waals surface area contributed by atoms with E-state index < -0.39 is 58.6 Å². The number of carboxylic acids is 3. The van der Waals surface area contributed by atoms with Crippen LogP contribution in [0.25, 0.3) is 0 Å². The molecule has 0 saturated heterocycles. The molecule has 14 nitrogen and oxygen atoms in total. The van der Waals surface area contributed by atoms with Crippen molar-refractivity contribution in [3.63, 3.8) is 0 Å². The first-order valence-electron chi connectivity index (χ1n) is 24.1. The van der Waals surface area contributed by atoms with Crippen LogP contribution in [0.3, 0.4) is 0 Å². The van der Waals surface area contributed by atoms with E-state index in [1.165, 1.54) is 0 Å². The van der Waals surface area contributed by atoms with Crippen LogP contribution >= 0.6 is 0 Å². The Morgan fingerprint density at radius 1 is 0.618 bits per heavy atom. The third-order valence-electron chi connectivity index (χ3n) is 10.5. The van der Waals surface area contributed by atoms with Crippen LogP contribution in [-0.2, 0) is 33.4 Å². The smallest absolute Gasteiger partial charge is 0.321 e. The van der Waals surface area contributed by atoms with Crippen LogP contribution in [0.1, 0.15) is 194 Å². The number of aliphatic carboxylic acids is 3. The van der Waals surface area contributed by atoms with Gasteiger partial charge in [-0.05, 0) is 133 Å². The third kappa shape index (κ3) is 40.9. The molecule has 0 amide bonds. The first-order chi connectivity index (χ1) is 30.7. The molecular weight excluding hydrogens is 867 g/mol. The second-order valence-electron chi connectivity index (χ2n) is 23.9. The summed E-state index contributed by atoms with van der Waals surface area (Å²) in [7, 11) is 0. The molecule has 9 atom stereocenters. The fourth-order valence-electron chi connectivity index (χ4n) is 5.92. The van der Waals surface area contributed by atoms with E-state index in [4.69, 9.17) is 50.4 Å². The maximum Gasteiger partial charge on any atom is 0.321 e. The van der Waals surface area contributed by atoms with E-state index in [9.17, 15) is 34.2 Å². The van der Waals surface area contributed by atoms with Gasteiger partial charge in [0.2, 0.25) is 0 Å². The van der Waals surface area contributed by atoms with Gasteiger partial charge in [0, 0.05) is 36.7 Å². The van der Waals surface area contributed by atoms with Crippen LogP contribution in [-0.4, -0.2) is 80.6 Å². The van der Waals surface area contributed by atoms with Crippen molar-refractivity contribution in [2.24, 2.45) is 57.3 Å². The van der Waals surface area contributed by atoms with Crippen molar-refractivity contribution >= 4 is 29.8 Å². The molecule has 3 aliphatic carbocycles. The fourth-order valence-corrected chi connectivity index (χ4v) is 5.92. The molecule has 14 heteroatoms. The standard InChI is InChI=1S/2C16H24O4.C8H12O.C6H13NO2.2C4H11N/c2*1-5-6-7-8-11-9-13(11)20-14(17)10-12(15(18)19)16(2,3)4;1-2-3-4-5-7-6-8(7)9;1-6(2,3)4(7)5(8)9;2*1-4(2,3)5/h2*1,11-13H,6-10H2,2-4H3,(H,18,19);1,7-9H,3-6H2;4H,7H2,1-3H3,(H,8,9);2*5H2,1-3H3/t2*11-,12-,13-;7-,8-;4-;;/m1111../s1. The van der Waals surface area contributed by atoms with Crippen molar-refractivity contribution in [2.75, 3.05) is 0 Å². The minimum atomic E-state index is -1.20. The summed E-state index contributed by atoms with van der Waals surface area (Å²) in [6, 6.07) is -0.766. The van der Waals surface area contributed by atoms with Gasteiger partial charge in [-0.3, -0.25) is 19.2 Å². The van der Waals surface area contributed by atoms with Crippen LogP contribution < -0.4 is 22.3 Å². The van der Waals surface area contributed by atoms with Gasteiger partial charge in [0.15, 0.2) is 0 Å². The van der Waals surface area contributed by atoms with Gasteiger partial charge >= 0.3 is 23.9 Å². The number of esters is 2. The van der Waals surface area contributed by atoms with Gasteiger partial charge in [0.1, 0.15) is 18.2 Å². The van der Waals surface area contributed by atoms with Crippen LogP contribution in [0.4, 0.5) is 0 Å². The molecular formula is C54H95N3O11. The lowest BCUT2D eigenvalue weighted by molar-refractivity contribution is -0.458. The Kier molecular flexibility index (Phi) is 32.0. The Labute approximate surface area is 411 Å². The maximum absolute atomic E-state index is 11.8. The maximum atomic E-state index is 11.8. The Balaban J connectivity index is -0.000000811. The third-order valence-corrected chi connectivity index (χ3v) is 10.5. The van der Waals surface area contributed by atoms with E-state index in [-0.39, 0.29) is 47.6 Å². The summed E-state index contributed by atoms with van der Waals surface area (Å²) in [5.41, 5.74) is 13.3. The Bertz CT molecular complexity index is 1540. The number of terminal acetylenes is 3. The molecule has 3 fully saturated rings. The monoisotopic (exact) mass is 962 g/mol. The summed E-state index contributed by atoms with van der Waals surface area (Å²) in [5.74, 6) is 3.66. The summed E-state index contributed by atoms with van der Waals surface area (Å²) in [6.45, 7) is 28.3. The predicted octanol–water partition coefficient (Wildman–Crippen LogP) is 6.77. The molecule has 0 aliphatic heterocycles. The van der Waals surface area contributed by atoms with Crippen molar-refractivity contribution in [3.05, 3.63) is 0 Å². The van der Waals surface area contributed by atoms with Gasteiger partial charge in [-0.25, -0.2) is 0 Å². The summed E-state index contributed by atoms with van der Waals surface area (Å²) in [6.07, 6.45) is 26.3. The number of carbonyl (C=O) groups is 5. The molecule has 0 aromatic carbocycles. The van der Waals surface area contributed by atoms with E-state index in [2.05, 4.69) is 44.3 Å². The normalized spacial score (nSPS) is 21.3. The molecule has 3 saturated carbocycles.